The normalized spacial score (nSPS) is 11.7. The number of halogens is 4. The fourth-order valence-electron chi connectivity index (χ4n) is 2.80. The van der Waals surface area contributed by atoms with Crippen molar-refractivity contribution < 1.29 is 23.1 Å². The number of carbonyl (C=O) groups is 1. The van der Waals surface area contributed by atoms with Gasteiger partial charge in [0.15, 0.2) is 0 Å². The molecule has 3 rings (SSSR count). The van der Waals surface area contributed by atoms with Gasteiger partial charge >= 0.3 is 12.1 Å². The summed E-state index contributed by atoms with van der Waals surface area (Å²) in [6.45, 7) is 0.135. The number of rotatable bonds is 4. The topological polar surface area (TPSA) is 59.3 Å². The lowest BCUT2D eigenvalue weighted by Gasteiger charge is -2.15. The van der Waals surface area contributed by atoms with Gasteiger partial charge in [-0.1, -0.05) is 43.4 Å². The minimum Gasteiger partial charge on any atom is -0.477 e. The molecule has 2 aromatic carbocycles. The molecule has 8 heteroatoms. The smallest absolute Gasteiger partial charge is 0.416 e. The van der Waals surface area contributed by atoms with Crippen LogP contribution in [0.25, 0.3) is 10.9 Å². The highest BCUT2D eigenvalue weighted by Gasteiger charge is 2.30. The fraction of sp³-hybridized carbons (Fsp3) is 0.105. The molecule has 0 radical (unpaired) electrons. The minimum atomic E-state index is -4.43. The first-order valence-electron chi connectivity index (χ1n) is 7.66. The van der Waals surface area contributed by atoms with E-state index in [9.17, 15) is 27.9 Å². The molecule has 0 atom stereocenters. The third kappa shape index (κ3) is 3.80. The second kappa shape index (κ2) is 7.26. The fourth-order valence-corrected chi connectivity index (χ4v) is 4.22. The van der Waals surface area contributed by atoms with Crippen LogP contribution >= 0.6 is 20.7 Å². The third-order valence-corrected chi connectivity index (χ3v) is 5.75. The predicted molar refractivity (Wildman–Crippen MR) is 106 cm³/mol. The Balaban J connectivity index is 2.18. The van der Waals surface area contributed by atoms with Crippen LogP contribution in [-0.4, -0.2) is 20.2 Å². The number of carboxylic acid groups (broad SMARTS) is 1. The van der Waals surface area contributed by atoms with Crippen molar-refractivity contribution in [3.63, 3.8) is 0 Å². The first-order chi connectivity index (χ1) is 12.7. The summed E-state index contributed by atoms with van der Waals surface area (Å²) >= 11 is -0.651. The molecule has 27 heavy (non-hydrogen) atoms. The monoisotopic (exact) mass is 487 g/mol. The highest BCUT2D eigenvalue weighted by Crippen LogP contribution is 2.29. The van der Waals surface area contributed by atoms with Crippen LogP contribution in [0.3, 0.4) is 0 Å². The molecule has 1 heterocycles. The second-order valence-corrected chi connectivity index (χ2v) is 7.69. The molecule has 1 N–H and O–H groups in total. The van der Waals surface area contributed by atoms with Gasteiger partial charge < -0.3 is 9.67 Å². The first-order valence-corrected chi connectivity index (χ1v) is 10.3. The van der Waals surface area contributed by atoms with Crippen molar-refractivity contribution in [3.8, 4) is 0 Å². The molecule has 0 aliphatic rings. The van der Waals surface area contributed by atoms with Gasteiger partial charge in [0.05, 0.1) is 11.1 Å². The highest BCUT2D eigenvalue weighted by atomic mass is 127. The van der Waals surface area contributed by atoms with Crippen LogP contribution in [0.1, 0.15) is 21.5 Å². The van der Waals surface area contributed by atoms with E-state index >= 15 is 0 Å². The van der Waals surface area contributed by atoms with Gasteiger partial charge in [0, 0.05) is 21.7 Å². The SMILES string of the molecule is C=Ic1cccc2c(=O)c(C(=O)O)cn(Cc3ccc(C(F)(F)F)cc3)c12. The summed E-state index contributed by atoms with van der Waals surface area (Å²) in [4.78, 5) is 23.9. The summed E-state index contributed by atoms with van der Waals surface area (Å²) in [5, 5.41) is 9.59. The summed E-state index contributed by atoms with van der Waals surface area (Å²) in [7, 11) is 0. The van der Waals surface area contributed by atoms with Gasteiger partial charge in [-0.05, 0) is 29.8 Å². The minimum absolute atomic E-state index is 0.135. The summed E-state index contributed by atoms with van der Waals surface area (Å²) in [5.74, 6) is -1.35. The Hall–Kier alpha value is -2.49. The maximum absolute atomic E-state index is 12.7. The number of benzene rings is 2. The van der Waals surface area contributed by atoms with Crippen LogP contribution in [0.2, 0.25) is 0 Å². The van der Waals surface area contributed by atoms with E-state index in [2.05, 4.69) is 4.51 Å². The molecule has 0 aliphatic carbocycles. The Labute approximate surface area is 161 Å². The largest absolute Gasteiger partial charge is 0.477 e. The van der Waals surface area contributed by atoms with E-state index < -0.39 is 43.9 Å². The van der Waals surface area contributed by atoms with Crippen molar-refractivity contribution in [1.29, 1.82) is 0 Å². The van der Waals surface area contributed by atoms with Crippen LogP contribution < -0.4 is 5.43 Å². The van der Waals surface area contributed by atoms with E-state index in [1.807, 2.05) is 6.07 Å². The lowest BCUT2D eigenvalue weighted by atomic mass is 10.1. The van der Waals surface area contributed by atoms with Crippen LogP contribution in [0.4, 0.5) is 13.2 Å². The quantitative estimate of drug-likeness (QED) is 0.558. The Morgan fingerprint density at radius 1 is 1.15 bits per heavy atom. The molecular formula is C19H13F3INO3. The van der Waals surface area contributed by atoms with E-state index in [-0.39, 0.29) is 17.5 Å². The molecule has 3 aromatic rings. The highest BCUT2D eigenvalue weighted by molar-refractivity contribution is 14.2. The molecule has 0 fully saturated rings. The number of para-hydroxylation sites is 1. The molecule has 4 nitrogen and oxygen atoms in total. The number of aromatic nitrogens is 1. The molecular weight excluding hydrogens is 474 g/mol. The van der Waals surface area contributed by atoms with Crippen molar-refractivity contribution in [2.45, 2.75) is 12.7 Å². The number of nitrogens with zero attached hydrogens (tertiary/aromatic N) is 1. The summed E-state index contributed by atoms with van der Waals surface area (Å²) < 4.78 is 44.6. The van der Waals surface area contributed by atoms with Crippen molar-refractivity contribution >= 4 is 42.1 Å². The van der Waals surface area contributed by atoms with Crippen LogP contribution in [0.5, 0.6) is 0 Å². The Morgan fingerprint density at radius 3 is 2.37 bits per heavy atom. The van der Waals surface area contributed by atoms with Crippen molar-refractivity contribution in [2.24, 2.45) is 0 Å². The molecule has 0 unspecified atom stereocenters. The number of alkyl halides is 3. The number of carboxylic acids is 1. The second-order valence-electron chi connectivity index (χ2n) is 5.77. The molecule has 0 saturated heterocycles. The van der Waals surface area contributed by atoms with Crippen molar-refractivity contribution in [3.05, 3.63) is 79.1 Å². The van der Waals surface area contributed by atoms with E-state index in [0.29, 0.717) is 11.1 Å². The third-order valence-electron chi connectivity index (χ3n) is 4.06. The predicted octanol–water partition coefficient (Wildman–Crippen LogP) is 4.34. The first kappa shape index (κ1) is 19.3. The summed E-state index contributed by atoms with van der Waals surface area (Å²) in [6.07, 6.45) is -3.18. The average Bonchev–Trinajstić information content (AvgIpc) is 2.63. The zero-order valence-corrected chi connectivity index (χ0v) is 15.9. The van der Waals surface area contributed by atoms with E-state index in [4.69, 9.17) is 0 Å². The van der Waals surface area contributed by atoms with E-state index in [1.54, 1.807) is 16.7 Å². The Morgan fingerprint density at radius 2 is 1.81 bits per heavy atom. The maximum Gasteiger partial charge on any atom is 0.416 e. The Kier molecular flexibility index (Phi) is 5.18. The standard InChI is InChI=1S/C19H13F3INO3/c1-23-15-4-2-3-13-16(15)24(10-14(17(13)25)18(26)27)9-11-5-7-12(8-6-11)19(20,21)22/h2-8,10H,1,9H2,(H,26,27). The molecule has 1 aromatic heterocycles. The van der Waals surface area contributed by atoms with Gasteiger partial charge in [-0.3, -0.25) is 4.79 Å². The van der Waals surface area contributed by atoms with E-state index in [0.717, 1.165) is 15.7 Å². The zero-order chi connectivity index (χ0) is 19.8. The number of hydrogen-bond acceptors (Lipinski definition) is 2. The number of hydrogen-bond donors (Lipinski definition) is 1. The molecule has 0 spiro atoms. The van der Waals surface area contributed by atoms with Gasteiger partial charge in [0.2, 0.25) is 5.43 Å². The molecule has 0 saturated carbocycles. The zero-order valence-electron chi connectivity index (χ0n) is 13.8. The number of fused-ring (bicyclic) bond motifs is 1. The van der Waals surface area contributed by atoms with Gasteiger partial charge in [-0.25, -0.2) is 4.79 Å². The molecule has 0 aliphatic heterocycles. The van der Waals surface area contributed by atoms with Gasteiger partial charge in [0.25, 0.3) is 0 Å². The van der Waals surface area contributed by atoms with Gasteiger partial charge in [0.1, 0.15) is 5.56 Å². The van der Waals surface area contributed by atoms with Crippen LogP contribution in [-0.2, 0) is 12.7 Å². The molecule has 0 bridgehead atoms. The van der Waals surface area contributed by atoms with Gasteiger partial charge in [-0.2, -0.15) is 13.2 Å². The summed E-state index contributed by atoms with van der Waals surface area (Å²) in [5.41, 5.74) is -0.586. The lowest BCUT2D eigenvalue weighted by molar-refractivity contribution is -0.137. The number of aromatic carboxylic acids is 1. The maximum atomic E-state index is 12.7. The van der Waals surface area contributed by atoms with Gasteiger partial charge in [-0.15, -0.1) is 0 Å². The molecule has 0 amide bonds. The summed E-state index contributed by atoms with van der Waals surface area (Å²) in [6, 6.07) is 9.70. The van der Waals surface area contributed by atoms with Crippen LogP contribution in [0, 0.1) is 3.57 Å². The van der Waals surface area contributed by atoms with Crippen LogP contribution in [0.15, 0.2) is 53.5 Å². The van der Waals surface area contributed by atoms with Crippen molar-refractivity contribution in [1.82, 2.24) is 4.57 Å². The lowest BCUT2D eigenvalue weighted by Crippen LogP contribution is -2.20. The number of pyridine rings is 1. The van der Waals surface area contributed by atoms with E-state index in [1.165, 1.54) is 18.3 Å². The Bertz CT molecular complexity index is 1100. The average molecular weight is 487 g/mol. The molecule has 140 valence electrons. The van der Waals surface area contributed by atoms with Crippen molar-refractivity contribution in [2.75, 3.05) is 0 Å².